The zero-order valence-corrected chi connectivity index (χ0v) is 20.6. The van der Waals surface area contributed by atoms with Crippen molar-refractivity contribution in [1.82, 2.24) is 4.90 Å². The molecule has 0 fully saturated rings. The van der Waals surface area contributed by atoms with Crippen LogP contribution in [0, 0.1) is 5.92 Å². The number of hydrogen-bond acceptors (Lipinski definition) is 4. The van der Waals surface area contributed by atoms with Crippen molar-refractivity contribution in [3.05, 3.63) is 0 Å². The minimum atomic E-state index is -2.37. The van der Waals surface area contributed by atoms with Crippen LogP contribution in [0.2, 0.25) is 6.04 Å². The Hall–Kier alpha value is 2.83. The molecule has 0 aromatic rings. The molecule has 1 atom stereocenters. The fourth-order valence-corrected chi connectivity index (χ4v) is 3.60. The third-order valence-corrected chi connectivity index (χ3v) is 5.27. The van der Waals surface area contributed by atoms with Gasteiger partial charge in [-0.05, 0) is 20.0 Å². The molecule has 0 aromatic heterocycles. The van der Waals surface area contributed by atoms with Gasteiger partial charge in [-0.1, -0.05) is 6.92 Å². The van der Waals surface area contributed by atoms with Gasteiger partial charge in [0.1, 0.15) is 0 Å². The van der Waals surface area contributed by atoms with Gasteiger partial charge in [-0.3, -0.25) is 0 Å². The van der Waals surface area contributed by atoms with Crippen molar-refractivity contribution in [1.29, 1.82) is 0 Å². The Kier molecular flexibility index (Phi) is 17.3. The molecule has 0 aliphatic rings. The summed E-state index contributed by atoms with van der Waals surface area (Å²) in [5, 5.41) is 0. The van der Waals surface area contributed by atoms with Crippen LogP contribution in [0.15, 0.2) is 0 Å². The van der Waals surface area contributed by atoms with E-state index in [2.05, 4.69) is 85.9 Å². The van der Waals surface area contributed by atoms with Gasteiger partial charge in [0.25, 0.3) is 0 Å². The molecular weight excluding hydrogens is 630 g/mol. The number of rotatable bonds is 7. The van der Waals surface area contributed by atoms with E-state index in [9.17, 15) is 0 Å². The van der Waals surface area contributed by atoms with Gasteiger partial charge in [-0.15, -0.1) is 0 Å². The van der Waals surface area contributed by atoms with Crippen molar-refractivity contribution in [3.8, 4) is 0 Å². The van der Waals surface area contributed by atoms with Crippen LogP contribution in [0.5, 0.6) is 0 Å². The van der Waals surface area contributed by atoms with Gasteiger partial charge in [0.2, 0.25) is 0 Å². The maximum absolute atomic E-state index is 5.36. The molecule has 0 bridgehead atoms. The molecule has 0 heterocycles. The standard InChI is InChI=1S/C9H23NO3Si.3HI.V/c1-9(7-10(2)3)8-14(11-4,12-5)13-6;;;;/h9H,7-8H2,1-6H3;3*1H;/q;;;;+3/p-3. The summed E-state index contributed by atoms with van der Waals surface area (Å²) < 4.78 is 16.1. The van der Waals surface area contributed by atoms with Gasteiger partial charge in [-0.2, -0.15) is 0 Å². The minimum absolute atomic E-state index is 0.278. The predicted octanol–water partition coefficient (Wildman–Crippen LogP) is 3.72. The van der Waals surface area contributed by atoms with E-state index in [0.29, 0.717) is 5.92 Å². The summed E-state index contributed by atoms with van der Waals surface area (Å²) in [4.78, 5) is 1.88. The number of nitrogens with zero attached hydrogens (tertiary/aromatic N) is 1. The first-order valence-corrected chi connectivity index (χ1v) is 20.8. The third kappa shape index (κ3) is 13.8. The van der Waals surface area contributed by atoms with Gasteiger partial charge < -0.3 is 18.2 Å². The summed E-state index contributed by atoms with van der Waals surface area (Å²) >= 11 is 7.39. The van der Waals surface area contributed by atoms with Crippen molar-refractivity contribution in [2.45, 2.75) is 13.0 Å². The van der Waals surface area contributed by atoms with Gasteiger partial charge in [-0.25, -0.2) is 0 Å². The molecule has 9 heteroatoms. The summed E-state index contributed by atoms with van der Waals surface area (Å²) in [6, 6.07) is 0.856. The van der Waals surface area contributed by atoms with Gasteiger partial charge >= 0.3 is 73.7 Å². The van der Waals surface area contributed by atoms with Crippen molar-refractivity contribution in [2.75, 3.05) is 42.0 Å². The Morgan fingerprint density at radius 2 is 1.39 bits per heavy atom. The average Bonchev–Trinajstić information content (AvgIpc) is 2.24. The molecule has 0 spiro atoms. The van der Waals surface area contributed by atoms with Crippen LogP contribution in [-0.4, -0.2) is 55.7 Å². The van der Waals surface area contributed by atoms with Crippen molar-refractivity contribution in [2.24, 2.45) is 5.92 Å². The molecule has 0 N–H and O–H groups in total. The van der Waals surface area contributed by atoms with E-state index in [4.69, 9.17) is 13.3 Å². The molecule has 4 nitrogen and oxygen atoms in total. The maximum atomic E-state index is 5.36. The van der Waals surface area contributed by atoms with Gasteiger partial charge in [0, 0.05) is 33.9 Å². The molecule has 0 amide bonds. The molecule has 0 aromatic carbocycles. The van der Waals surface area contributed by atoms with Gasteiger partial charge in [0.05, 0.1) is 0 Å². The van der Waals surface area contributed by atoms with E-state index >= 15 is 0 Å². The topological polar surface area (TPSA) is 30.9 Å². The van der Waals surface area contributed by atoms with Gasteiger partial charge in [0.15, 0.2) is 0 Å². The second kappa shape index (κ2) is 13.5. The van der Waals surface area contributed by atoms with E-state index < -0.39 is 8.80 Å². The summed E-state index contributed by atoms with van der Waals surface area (Å²) in [5.74, 6) is 0.511. The Balaban J connectivity index is 0. The second-order valence-corrected chi connectivity index (χ2v) is 42.4. The normalized spacial score (nSPS) is 13.5. The van der Waals surface area contributed by atoms with Crippen LogP contribution in [0.4, 0.5) is 0 Å². The Morgan fingerprint density at radius 1 is 1.06 bits per heavy atom. The molecule has 18 heavy (non-hydrogen) atoms. The van der Waals surface area contributed by atoms with Crippen molar-refractivity contribution >= 4 is 68.7 Å². The zero-order chi connectivity index (χ0) is 14.8. The molecule has 0 rings (SSSR count). The van der Waals surface area contributed by atoms with Crippen LogP contribution in [-0.2, 0) is 18.2 Å². The van der Waals surface area contributed by atoms with Crippen LogP contribution >= 0.6 is 59.9 Å². The first kappa shape index (κ1) is 23.1. The van der Waals surface area contributed by atoms with Crippen LogP contribution in [0.25, 0.3) is 0 Å². The number of halogens is 3. The molecule has 0 saturated heterocycles. The van der Waals surface area contributed by atoms with E-state index in [-0.39, 0.29) is 4.92 Å². The zero-order valence-electron chi connectivity index (χ0n) is 11.7. The molecular formula is C9H23I3NO3SiV. The molecule has 0 aliphatic carbocycles. The quantitative estimate of drug-likeness (QED) is 0.310. The van der Waals surface area contributed by atoms with Crippen LogP contribution in [0.3, 0.4) is 0 Å². The van der Waals surface area contributed by atoms with Crippen molar-refractivity contribution < 1.29 is 18.2 Å². The van der Waals surface area contributed by atoms with E-state index in [1.165, 1.54) is 0 Å². The molecule has 1 unspecified atom stereocenters. The Bertz CT molecular complexity index is 189. The fraction of sp³-hybridized carbons (Fsp3) is 1.00. The SMILES string of the molecule is CO[Si](CC(C)CN(C)C)(OC)OC.[I][V]([I])[I]. The summed E-state index contributed by atoms with van der Waals surface area (Å²) in [7, 11) is 6.71. The molecule has 0 saturated carbocycles. The van der Waals surface area contributed by atoms with E-state index in [1.807, 2.05) is 0 Å². The van der Waals surface area contributed by atoms with Crippen LogP contribution < -0.4 is 0 Å². The molecule has 0 radical (unpaired) electrons. The van der Waals surface area contributed by atoms with E-state index in [0.717, 1.165) is 12.6 Å². The molecule has 112 valence electrons. The second-order valence-electron chi connectivity index (χ2n) is 4.06. The summed E-state index contributed by atoms with van der Waals surface area (Å²) in [6.45, 7) is 3.20. The summed E-state index contributed by atoms with van der Waals surface area (Å²) in [5.41, 5.74) is 0. The molecule has 0 aliphatic heterocycles. The fourth-order valence-electron chi connectivity index (χ4n) is 1.61. The monoisotopic (exact) mass is 653 g/mol. The summed E-state index contributed by atoms with van der Waals surface area (Å²) in [6.07, 6.45) is 0. The first-order valence-electron chi connectivity index (χ1n) is 5.30. The predicted molar refractivity (Wildman–Crippen MR) is 101 cm³/mol. The van der Waals surface area contributed by atoms with E-state index in [1.54, 1.807) is 21.3 Å². The Labute approximate surface area is 150 Å². The van der Waals surface area contributed by atoms with Crippen molar-refractivity contribution in [3.63, 3.8) is 0 Å². The third-order valence-electron chi connectivity index (χ3n) is 2.21. The first-order chi connectivity index (χ1) is 8.22. The Morgan fingerprint density at radius 3 is 1.61 bits per heavy atom. The number of hydrogen-bond donors (Lipinski definition) is 0. The van der Waals surface area contributed by atoms with Crippen LogP contribution in [0.1, 0.15) is 6.92 Å². The average molecular weight is 653 g/mol.